The largest absolute Gasteiger partial charge is 0.494 e. The zero-order valence-electron chi connectivity index (χ0n) is 15.5. The van der Waals surface area contributed by atoms with Crippen LogP contribution in [0, 0.1) is 0 Å². The van der Waals surface area contributed by atoms with Gasteiger partial charge in [0.15, 0.2) is 0 Å². The lowest BCUT2D eigenvalue weighted by molar-refractivity contribution is -0.137. The van der Waals surface area contributed by atoms with Crippen LogP contribution in [0.3, 0.4) is 0 Å². The Kier molecular flexibility index (Phi) is 7.02. The highest BCUT2D eigenvalue weighted by Gasteiger charge is 2.34. The number of nitrogens with one attached hydrogen (secondary N) is 1. The molecule has 0 unspecified atom stereocenters. The Morgan fingerprint density at radius 1 is 1.17 bits per heavy atom. The lowest BCUT2D eigenvalue weighted by atomic mass is 10.2. The van der Waals surface area contributed by atoms with Crippen molar-refractivity contribution < 1.29 is 31.1 Å². The maximum absolute atomic E-state index is 13.1. The molecule has 0 bridgehead atoms. The van der Waals surface area contributed by atoms with Gasteiger partial charge in [0.2, 0.25) is 15.9 Å². The quantitative estimate of drug-likeness (QED) is 0.687. The van der Waals surface area contributed by atoms with E-state index in [1.165, 1.54) is 0 Å². The van der Waals surface area contributed by atoms with Crippen LogP contribution >= 0.6 is 11.6 Å². The molecule has 0 saturated heterocycles. The smallest absolute Gasteiger partial charge is 0.417 e. The summed E-state index contributed by atoms with van der Waals surface area (Å²) in [6.45, 7) is 1.57. The molecule has 0 aromatic heterocycles. The highest BCUT2D eigenvalue weighted by atomic mass is 35.5. The Labute approximate surface area is 171 Å². The number of hydrogen-bond donors (Lipinski definition) is 1. The topological polar surface area (TPSA) is 75.7 Å². The minimum absolute atomic E-state index is 0.328. The number of halogens is 4. The number of ether oxygens (including phenoxy) is 1. The van der Waals surface area contributed by atoms with Crippen LogP contribution < -0.4 is 14.4 Å². The van der Waals surface area contributed by atoms with E-state index in [9.17, 15) is 26.4 Å². The van der Waals surface area contributed by atoms with Gasteiger partial charge in [0.1, 0.15) is 12.3 Å². The molecule has 0 aliphatic rings. The summed E-state index contributed by atoms with van der Waals surface area (Å²) in [5.41, 5.74) is -1.15. The van der Waals surface area contributed by atoms with Gasteiger partial charge in [0.05, 0.1) is 29.1 Å². The average molecular weight is 451 g/mol. The summed E-state index contributed by atoms with van der Waals surface area (Å²) in [7, 11) is -4.05. The van der Waals surface area contributed by atoms with Gasteiger partial charge in [-0.3, -0.25) is 9.10 Å². The van der Waals surface area contributed by atoms with Crippen LogP contribution in [0.4, 0.5) is 24.5 Å². The summed E-state index contributed by atoms with van der Waals surface area (Å²) >= 11 is 5.57. The summed E-state index contributed by atoms with van der Waals surface area (Å²) in [6.07, 6.45) is -3.99. The van der Waals surface area contributed by atoms with Crippen molar-refractivity contribution in [3.05, 3.63) is 53.1 Å². The Balaban J connectivity index is 2.25. The van der Waals surface area contributed by atoms with Gasteiger partial charge in [0.25, 0.3) is 0 Å². The number of anilines is 2. The number of nitrogens with zero attached hydrogens (tertiary/aromatic N) is 1. The first-order valence-corrected chi connectivity index (χ1v) is 10.5. The minimum Gasteiger partial charge on any atom is -0.494 e. The molecule has 2 aromatic rings. The van der Waals surface area contributed by atoms with Crippen LogP contribution in [0.15, 0.2) is 42.5 Å². The molecule has 2 aromatic carbocycles. The Morgan fingerprint density at radius 3 is 2.31 bits per heavy atom. The summed E-state index contributed by atoms with van der Waals surface area (Å²) in [4.78, 5) is 12.3. The van der Waals surface area contributed by atoms with E-state index in [2.05, 4.69) is 5.32 Å². The van der Waals surface area contributed by atoms with E-state index in [0.717, 1.165) is 18.4 Å². The second kappa shape index (κ2) is 8.91. The van der Waals surface area contributed by atoms with E-state index >= 15 is 0 Å². The SMILES string of the molecule is CCOc1ccc(NC(=O)CN(c2ccc(Cl)c(C(F)(F)F)c2)S(C)(=O)=O)cc1. The molecule has 0 aliphatic heterocycles. The van der Waals surface area contributed by atoms with Gasteiger partial charge in [-0.1, -0.05) is 11.6 Å². The number of alkyl halides is 3. The van der Waals surface area contributed by atoms with E-state index in [1.54, 1.807) is 24.3 Å². The van der Waals surface area contributed by atoms with Crippen molar-refractivity contribution in [3.63, 3.8) is 0 Å². The molecule has 0 spiro atoms. The molecule has 0 fully saturated rings. The average Bonchev–Trinajstić information content (AvgIpc) is 2.60. The predicted octanol–water partition coefficient (Wildman–Crippen LogP) is 4.16. The van der Waals surface area contributed by atoms with Gasteiger partial charge >= 0.3 is 6.18 Å². The number of carbonyl (C=O) groups excluding carboxylic acids is 1. The van der Waals surface area contributed by atoms with Crippen LogP contribution in [0.2, 0.25) is 5.02 Å². The number of sulfonamides is 1. The summed E-state index contributed by atoms with van der Waals surface area (Å²) in [6, 6.07) is 8.96. The number of hydrogen-bond acceptors (Lipinski definition) is 4. The molecule has 158 valence electrons. The number of carbonyl (C=O) groups is 1. The van der Waals surface area contributed by atoms with Crippen LogP contribution in [-0.4, -0.2) is 33.7 Å². The monoisotopic (exact) mass is 450 g/mol. The molecule has 0 atom stereocenters. The van der Waals surface area contributed by atoms with Crippen LogP contribution in [0.5, 0.6) is 5.75 Å². The highest BCUT2D eigenvalue weighted by Crippen LogP contribution is 2.37. The van der Waals surface area contributed by atoms with E-state index < -0.39 is 39.2 Å². The molecule has 0 radical (unpaired) electrons. The van der Waals surface area contributed by atoms with Crippen LogP contribution in [-0.2, 0) is 21.0 Å². The molecule has 0 heterocycles. The fourth-order valence-corrected chi connectivity index (χ4v) is 3.49. The van der Waals surface area contributed by atoms with Crippen molar-refractivity contribution in [2.75, 3.05) is 29.0 Å². The molecular formula is C18H18ClF3N2O4S. The number of rotatable bonds is 7. The first-order valence-electron chi connectivity index (χ1n) is 8.29. The fourth-order valence-electron chi connectivity index (χ4n) is 2.42. The predicted molar refractivity (Wildman–Crippen MR) is 105 cm³/mol. The molecule has 1 amide bonds. The molecule has 11 heteroatoms. The van der Waals surface area contributed by atoms with Crippen molar-refractivity contribution in [3.8, 4) is 5.75 Å². The lowest BCUT2D eigenvalue weighted by Gasteiger charge is -2.23. The van der Waals surface area contributed by atoms with Crippen molar-refractivity contribution in [1.82, 2.24) is 0 Å². The van der Waals surface area contributed by atoms with Gasteiger partial charge < -0.3 is 10.1 Å². The van der Waals surface area contributed by atoms with Crippen LogP contribution in [0.1, 0.15) is 12.5 Å². The van der Waals surface area contributed by atoms with E-state index in [-0.39, 0.29) is 5.69 Å². The van der Waals surface area contributed by atoms with Gasteiger partial charge in [-0.15, -0.1) is 0 Å². The summed E-state index contributed by atoms with van der Waals surface area (Å²) in [5, 5.41) is 1.92. The third-order valence-electron chi connectivity index (χ3n) is 3.68. The van der Waals surface area contributed by atoms with E-state index in [0.29, 0.717) is 28.4 Å². The molecule has 0 saturated carbocycles. The standard InChI is InChI=1S/C18H18ClF3N2O4S/c1-3-28-14-7-4-12(5-8-14)23-17(25)11-24(29(2,26)27)13-6-9-16(19)15(10-13)18(20,21)22/h4-10H,3,11H2,1-2H3,(H,23,25). The number of amides is 1. The van der Waals surface area contributed by atoms with Crippen LogP contribution in [0.25, 0.3) is 0 Å². The summed E-state index contributed by atoms with van der Waals surface area (Å²) in [5.74, 6) is -0.146. The van der Waals surface area contributed by atoms with E-state index in [4.69, 9.17) is 16.3 Å². The number of benzene rings is 2. The zero-order valence-corrected chi connectivity index (χ0v) is 17.0. The van der Waals surface area contributed by atoms with Crippen molar-refractivity contribution in [1.29, 1.82) is 0 Å². The molecule has 29 heavy (non-hydrogen) atoms. The Morgan fingerprint density at radius 2 is 1.79 bits per heavy atom. The van der Waals surface area contributed by atoms with Crippen molar-refractivity contribution in [2.24, 2.45) is 0 Å². The molecule has 6 nitrogen and oxygen atoms in total. The maximum atomic E-state index is 13.1. The van der Waals surface area contributed by atoms with E-state index in [1.807, 2.05) is 6.92 Å². The van der Waals surface area contributed by atoms with Gasteiger partial charge in [-0.25, -0.2) is 8.42 Å². The van der Waals surface area contributed by atoms with Gasteiger partial charge in [0, 0.05) is 5.69 Å². The normalized spacial score (nSPS) is 11.8. The zero-order chi connectivity index (χ0) is 21.8. The third-order valence-corrected chi connectivity index (χ3v) is 5.15. The van der Waals surface area contributed by atoms with Gasteiger partial charge in [-0.05, 0) is 49.4 Å². The van der Waals surface area contributed by atoms with Crippen molar-refractivity contribution >= 4 is 38.9 Å². The fraction of sp³-hybridized carbons (Fsp3) is 0.278. The highest BCUT2D eigenvalue weighted by molar-refractivity contribution is 7.92. The first kappa shape index (κ1) is 22.8. The summed E-state index contributed by atoms with van der Waals surface area (Å²) < 4.78 is 69.3. The maximum Gasteiger partial charge on any atom is 0.417 e. The second-order valence-electron chi connectivity index (χ2n) is 5.94. The van der Waals surface area contributed by atoms with Crippen molar-refractivity contribution in [2.45, 2.75) is 13.1 Å². The second-order valence-corrected chi connectivity index (χ2v) is 8.25. The molecule has 0 aliphatic carbocycles. The molecule has 2 rings (SSSR count). The lowest BCUT2D eigenvalue weighted by Crippen LogP contribution is -2.37. The minimum atomic E-state index is -4.78. The Bertz CT molecular complexity index is 980. The van der Waals surface area contributed by atoms with Gasteiger partial charge in [-0.2, -0.15) is 13.2 Å². The first-order chi connectivity index (χ1) is 13.4. The molecule has 1 N–H and O–H groups in total. The Hall–Kier alpha value is -2.46. The third kappa shape index (κ3) is 6.26. The molecular weight excluding hydrogens is 433 g/mol.